The monoisotopic (exact) mass is 1000 g/mol. The average Bonchev–Trinajstić information content (AvgIpc) is 3.06. The van der Waals surface area contributed by atoms with Gasteiger partial charge in [0.1, 0.15) is 23.6 Å². The number of nitrogens with one attached hydrogen (secondary N) is 2. The molecule has 2 aliphatic carbocycles. The summed E-state index contributed by atoms with van der Waals surface area (Å²) in [7, 11) is -10.6. The van der Waals surface area contributed by atoms with Crippen molar-refractivity contribution in [2.45, 2.75) is 21.7 Å². The van der Waals surface area contributed by atoms with Gasteiger partial charge < -0.3 is 21.9 Å². The summed E-state index contributed by atoms with van der Waals surface area (Å²) in [5, 5.41) is 47.4. The van der Waals surface area contributed by atoms with Gasteiger partial charge in [0, 0.05) is 40.1 Å². The Morgan fingerprint density at radius 3 is 1.15 bits per heavy atom. The highest BCUT2D eigenvalue weighted by Crippen LogP contribution is 2.54. The highest BCUT2D eigenvalue weighted by atomic mass is 79.9. The Hall–Kier alpha value is -3.18. The van der Waals surface area contributed by atoms with Gasteiger partial charge in [-0.2, -0.15) is 27.0 Å². The molecule has 10 N–H and O–H groups in total. The normalized spacial score (nSPS) is 24.9. The molecular formula is C32H24Br4N6O8S2. The molecule has 0 saturated carbocycles. The van der Waals surface area contributed by atoms with Crippen LogP contribution in [0.25, 0.3) is 11.1 Å². The first-order valence-electron chi connectivity index (χ1n) is 14.5. The van der Waals surface area contributed by atoms with E-state index in [-0.39, 0.29) is 62.7 Å². The van der Waals surface area contributed by atoms with Crippen molar-refractivity contribution in [3.8, 4) is 11.1 Å². The number of hydrogen-bond acceptors (Lipinski definition) is 12. The number of rotatable bonds is 5. The van der Waals surface area contributed by atoms with Crippen LogP contribution in [0, 0.1) is 10.8 Å². The number of hydrazone groups is 2. The third-order valence-corrected chi connectivity index (χ3v) is 14.7. The summed E-state index contributed by atoms with van der Waals surface area (Å²) >= 11 is 13.7. The van der Waals surface area contributed by atoms with Gasteiger partial charge in [-0.1, -0.05) is 112 Å². The van der Waals surface area contributed by atoms with E-state index in [0.717, 1.165) is 0 Å². The van der Waals surface area contributed by atoms with E-state index in [1.165, 1.54) is 60.7 Å². The van der Waals surface area contributed by atoms with E-state index in [0.29, 0.717) is 11.1 Å². The lowest BCUT2D eigenvalue weighted by molar-refractivity contribution is 0.195. The van der Waals surface area contributed by atoms with Gasteiger partial charge in [0.2, 0.25) is 0 Å². The summed E-state index contributed by atoms with van der Waals surface area (Å²) < 4.78 is 71.0. The summed E-state index contributed by atoms with van der Waals surface area (Å²) in [4.78, 5) is 0. The Morgan fingerprint density at radius 2 is 0.885 bits per heavy atom. The fourth-order valence-electron chi connectivity index (χ4n) is 7.10. The molecule has 0 saturated heterocycles. The fourth-order valence-corrected chi connectivity index (χ4v) is 13.9. The molecular weight excluding hydrogens is 980 g/mol. The van der Waals surface area contributed by atoms with Crippen molar-refractivity contribution in [1.82, 2.24) is 0 Å². The van der Waals surface area contributed by atoms with E-state index in [1.807, 2.05) is 0 Å². The van der Waals surface area contributed by atoms with Crippen LogP contribution >= 0.6 is 63.7 Å². The number of benzene rings is 4. The van der Waals surface area contributed by atoms with E-state index in [4.69, 9.17) is 22.5 Å². The number of halogens is 4. The van der Waals surface area contributed by atoms with Gasteiger partial charge in [-0.3, -0.25) is 19.9 Å². The molecule has 0 aliphatic heterocycles. The van der Waals surface area contributed by atoms with E-state index >= 15 is 0 Å². The largest absolute Gasteiger partial charge is 0.384 e. The van der Waals surface area contributed by atoms with E-state index < -0.39 is 53.4 Å². The molecule has 0 spiro atoms. The van der Waals surface area contributed by atoms with Crippen LogP contribution in [0.1, 0.15) is 33.4 Å². The molecule has 14 nitrogen and oxygen atoms in total. The van der Waals surface area contributed by atoms with E-state index in [1.54, 1.807) is 12.1 Å². The first-order chi connectivity index (χ1) is 24.3. The Morgan fingerprint density at radius 1 is 0.596 bits per heavy atom. The highest BCUT2D eigenvalue weighted by Gasteiger charge is 2.62. The zero-order chi connectivity index (χ0) is 38.3. The predicted octanol–water partition coefficient (Wildman–Crippen LogP) is 4.78. The highest BCUT2D eigenvalue weighted by molar-refractivity contribution is 9.11. The third kappa shape index (κ3) is 5.25. The van der Waals surface area contributed by atoms with Crippen molar-refractivity contribution in [3.05, 3.63) is 124 Å². The Bertz CT molecular complexity index is 2330. The SMILES string of the molecule is N=C1C(=NN)C(O)C(c2c(Br)cc(-c3cc(Br)c(C4(S(=O)(=O)O)c5ccccc5C(=N)C(=NN)C4O)c(Br)c3)cc2Br)(S(=O)(=O)O)c2ccccc21. The molecule has 270 valence electrons. The van der Waals surface area contributed by atoms with Crippen molar-refractivity contribution in [1.29, 1.82) is 10.8 Å². The van der Waals surface area contributed by atoms with Crippen LogP contribution in [0.2, 0.25) is 0 Å². The summed E-state index contributed by atoms with van der Waals surface area (Å²) in [6.45, 7) is 0. The van der Waals surface area contributed by atoms with Gasteiger partial charge in [0.25, 0.3) is 20.2 Å². The standard InChI is InChI=1S/C32H24Br4N6O8S2/c33-19-9-13(10-20(34)23(19)31(51(45,46)47)17-7-3-1-5-15(17)25(37)27(41-39)29(31)43)14-11-21(35)24(22(36)12-14)32(52(48,49)50)18-8-4-2-6-16(18)26(38)28(42-40)30(32)44/h1-12,29-30,37-38,43-44H,39-40H2,(H,45,46,47)(H,48,49,50). The zero-order valence-corrected chi connectivity index (χ0v) is 33.9. The Balaban J connectivity index is 1.61. The number of hydrogen-bond donors (Lipinski definition) is 8. The number of fused-ring (bicyclic) bond motifs is 2. The van der Waals surface area contributed by atoms with Crippen molar-refractivity contribution in [3.63, 3.8) is 0 Å². The van der Waals surface area contributed by atoms with Crippen LogP contribution in [0.15, 0.2) is 101 Å². The zero-order valence-electron chi connectivity index (χ0n) is 25.9. The average molecular weight is 1000 g/mol. The summed E-state index contributed by atoms with van der Waals surface area (Å²) in [5.41, 5.74) is -1.28. The van der Waals surface area contributed by atoms with Gasteiger partial charge in [0.15, 0.2) is 9.49 Å². The van der Waals surface area contributed by atoms with Gasteiger partial charge in [0.05, 0.1) is 11.4 Å². The second-order valence-electron chi connectivity index (χ2n) is 11.7. The minimum atomic E-state index is -5.28. The number of aliphatic hydroxyl groups excluding tert-OH is 2. The molecule has 6 rings (SSSR count). The molecule has 2 aliphatic rings. The van der Waals surface area contributed by atoms with Gasteiger partial charge in [-0.05, 0) is 46.5 Å². The molecule has 0 fully saturated rings. The molecule has 4 aromatic rings. The number of nitrogens with zero attached hydrogens (tertiary/aromatic N) is 2. The lowest BCUT2D eigenvalue weighted by atomic mass is 9.73. The maximum atomic E-state index is 13.5. The second-order valence-corrected chi connectivity index (χ2v) is 18.3. The second kappa shape index (κ2) is 13.3. The maximum Gasteiger partial charge on any atom is 0.282 e. The van der Waals surface area contributed by atoms with Crippen LogP contribution in [0.5, 0.6) is 0 Å². The maximum absolute atomic E-state index is 13.5. The van der Waals surface area contributed by atoms with Crippen LogP contribution in [0.4, 0.5) is 0 Å². The van der Waals surface area contributed by atoms with Crippen LogP contribution < -0.4 is 11.7 Å². The summed E-state index contributed by atoms with van der Waals surface area (Å²) in [6.07, 6.45) is -4.28. The van der Waals surface area contributed by atoms with Crippen LogP contribution in [-0.4, -0.2) is 71.2 Å². The quantitative estimate of drug-likeness (QED) is 0.0770. The van der Waals surface area contributed by atoms with Crippen molar-refractivity contribution < 1.29 is 36.2 Å². The minimum Gasteiger partial charge on any atom is -0.384 e. The molecule has 4 unspecified atom stereocenters. The Labute approximate surface area is 330 Å². The molecule has 0 radical (unpaired) electrons. The van der Waals surface area contributed by atoms with Crippen LogP contribution in [-0.2, 0) is 29.7 Å². The molecule has 4 aromatic carbocycles. The minimum absolute atomic E-state index is 0.0539. The lowest BCUT2D eigenvalue weighted by Crippen LogP contribution is -2.57. The van der Waals surface area contributed by atoms with Crippen molar-refractivity contribution >= 4 is 107 Å². The topological polar surface area (TPSA) is 274 Å². The molecule has 0 aromatic heterocycles. The van der Waals surface area contributed by atoms with Gasteiger partial charge in [-0.25, -0.2) is 0 Å². The smallest absolute Gasteiger partial charge is 0.282 e. The van der Waals surface area contributed by atoms with Gasteiger partial charge in [-0.15, -0.1) is 0 Å². The summed E-state index contributed by atoms with van der Waals surface area (Å²) in [5.74, 6) is 11.1. The van der Waals surface area contributed by atoms with Crippen molar-refractivity contribution in [2.24, 2.45) is 21.9 Å². The molecule has 0 amide bonds. The first-order valence-corrected chi connectivity index (χ1v) is 20.6. The molecule has 52 heavy (non-hydrogen) atoms. The molecule has 0 bridgehead atoms. The van der Waals surface area contributed by atoms with Crippen molar-refractivity contribution in [2.75, 3.05) is 0 Å². The molecule has 20 heteroatoms. The Kier molecular flexibility index (Phi) is 9.85. The predicted molar refractivity (Wildman–Crippen MR) is 209 cm³/mol. The van der Waals surface area contributed by atoms with Gasteiger partial charge >= 0.3 is 0 Å². The number of nitrogens with two attached hydrogens (primary N) is 2. The molecule has 4 atom stereocenters. The fraction of sp³-hybridized carbons (Fsp3) is 0.125. The van der Waals surface area contributed by atoms with Crippen LogP contribution in [0.3, 0.4) is 0 Å². The third-order valence-electron chi connectivity index (χ3n) is 9.25. The van der Waals surface area contributed by atoms with E-state index in [9.17, 15) is 36.2 Å². The van der Waals surface area contributed by atoms with E-state index in [2.05, 4.69) is 73.9 Å². The first kappa shape index (κ1) is 38.5. The molecule has 0 heterocycles. The summed E-state index contributed by atoms with van der Waals surface area (Å²) in [6, 6.07) is 17.6. The number of aliphatic hydroxyl groups is 2. The lowest BCUT2D eigenvalue weighted by Gasteiger charge is -2.42.